The van der Waals surface area contributed by atoms with Crippen LogP contribution in [-0.2, 0) is 0 Å². The number of anilines is 1. The normalized spacial score (nSPS) is 11.2. The highest BCUT2D eigenvalue weighted by Gasteiger charge is 2.22. The molecule has 0 radical (unpaired) electrons. The molecule has 0 bridgehead atoms. The number of aromatic nitrogens is 1. The average molecular weight is 457 g/mol. The van der Waals surface area contributed by atoms with Gasteiger partial charge in [0.15, 0.2) is 5.76 Å². The number of carbonyl (C=O) groups is 1. The Morgan fingerprint density at radius 1 is 1.26 bits per heavy atom. The van der Waals surface area contributed by atoms with Crippen molar-refractivity contribution in [2.75, 3.05) is 12.1 Å². The minimum Gasteiger partial charge on any atom is -0.497 e. The number of hydrazone groups is 1. The zero-order valence-electron chi connectivity index (χ0n) is 15.9. The number of hydrogen-bond donors (Lipinski definition) is 0. The number of fused-ring (bicyclic) bond motifs is 1. The predicted octanol–water partition coefficient (Wildman–Crippen LogP) is 5.14. The van der Waals surface area contributed by atoms with Crippen LogP contribution in [0.1, 0.15) is 16.1 Å². The van der Waals surface area contributed by atoms with Crippen LogP contribution in [0.15, 0.2) is 64.1 Å². The van der Waals surface area contributed by atoms with Gasteiger partial charge in [0, 0.05) is 10.6 Å². The number of amides is 1. The smallest absolute Gasteiger partial charge is 0.433 e. The fourth-order valence-electron chi connectivity index (χ4n) is 2.64. The maximum absolute atomic E-state index is 13.2. The molecule has 1 amide bonds. The zero-order chi connectivity index (χ0) is 22.0. The Morgan fingerprint density at radius 2 is 2.03 bits per heavy atom. The molecule has 2 heterocycles. The summed E-state index contributed by atoms with van der Waals surface area (Å²) < 4.78 is 11.1. The molecule has 2 aromatic carbocycles. The number of rotatable bonds is 6. The fraction of sp³-hybridized carbons (Fsp3) is 0.0500. The van der Waals surface area contributed by atoms with Gasteiger partial charge in [-0.15, -0.1) is 0 Å². The van der Waals surface area contributed by atoms with E-state index in [2.05, 4.69) is 10.1 Å². The molecule has 0 saturated carbocycles. The number of carbonyl (C=O) groups excluding carboxylic acids is 1. The van der Waals surface area contributed by atoms with E-state index in [4.69, 9.17) is 20.8 Å². The Balaban J connectivity index is 1.74. The lowest BCUT2D eigenvalue weighted by molar-refractivity contribution is -0.402. The largest absolute Gasteiger partial charge is 0.497 e. The van der Waals surface area contributed by atoms with Crippen LogP contribution in [0, 0.1) is 10.1 Å². The fourth-order valence-corrected chi connectivity index (χ4v) is 3.71. The lowest BCUT2D eigenvalue weighted by Crippen LogP contribution is -2.25. The first-order chi connectivity index (χ1) is 14.9. The molecule has 0 unspecified atom stereocenters. The number of nitrogens with zero attached hydrogens (tertiary/aromatic N) is 4. The summed E-state index contributed by atoms with van der Waals surface area (Å²) in [5, 5.41) is 16.9. The second-order valence-corrected chi connectivity index (χ2v) is 7.58. The van der Waals surface area contributed by atoms with E-state index in [0.29, 0.717) is 27.0 Å². The second kappa shape index (κ2) is 8.54. The summed E-state index contributed by atoms with van der Waals surface area (Å²) in [6, 6.07) is 14.3. The molecule has 0 saturated heterocycles. The number of halogens is 1. The Hall–Kier alpha value is -3.76. The van der Waals surface area contributed by atoms with Crippen molar-refractivity contribution in [3.63, 3.8) is 0 Å². The van der Waals surface area contributed by atoms with Crippen molar-refractivity contribution in [1.29, 1.82) is 0 Å². The number of nitro groups is 1. The van der Waals surface area contributed by atoms with E-state index < -0.39 is 16.7 Å². The van der Waals surface area contributed by atoms with Crippen LogP contribution in [0.5, 0.6) is 5.75 Å². The number of methoxy groups -OCH3 is 1. The predicted molar refractivity (Wildman–Crippen MR) is 117 cm³/mol. The van der Waals surface area contributed by atoms with E-state index in [0.717, 1.165) is 9.71 Å². The molecule has 0 aliphatic rings. The molecular weight excluding hydrogens is 444 g/mol. The van der Waals surface area contributed by atoms with Crippen molar-refractivity contribution < 1.29 is 18.9 Å². The summed E-state index contributed by atoms with van der Waals surface area (Å²) >= 11 is 7.16. The second-order valence-electron chi connectivity index (χ2n) is 6.13. The van der Waals surface area contributed by atoms with E-state index in [1.54, 1.807) is 49.6 Å². The molecule has 9 nitrogen and oxygen atoms in total. The molecule has 0 aliphatic heterocycles. The first kappa shape index (κ1) is 20.5. The van der Waals surface area contributed by atoms with Crippen molar-refractivity contribution in [3.05, 3.63) is 81.1 Å². The van der Waals surface area contributed by atoms with Gasteiger partial charge in [-0.05, 0) is 48.5 Å². The molecule has 11 heteroatoms. The van der Waals surface area contributed by atoms with Crippen LogP contribution in [0.4, 0.5) is 11.0 Å². The maximum atomic E-state index is 13.2. The molecule has 4 rings (SSSR count). The van der Waals surface area contributed by atoms with Gasteiger partial charge in [0.1, 0.15) is 10.7 Å². The van der Waals surface area contributed by atoms with Gasteiger partial charge in [0.25, 0.3) is 5.91 Å². The first-order valence-electron chi connectivity index (χ1n) is 8.77. The third-order valence-corrected chi connectivity index (χ3v) is 5.39. The SMILES string of the molecule is COc1ccc2nc(N(/N=C/c3ccc([N+](=O)[O-])o3)C(=O)c3ccc(Cl)cc3)sc2c1. The monoisotopic (exact) mass is 456 g/mol. The maximum Gasteiger partial charge on any atom is 0.433 e. The number of hydrogen-bond acceptors (Lipinski definition) is 8. The molecule has 156 valence electrons. The summed E-state index contributed by atoms with van der Waals surface area (Å²) in [6.07, 6.45) is 1.22. The van der Waals surface area contributed by atoms with Gasteiger partial charge in [-0.1, -0.05) is 22.9 Å². The molecular formula is C20H13ClN4O5S. The number of benzene rings is 2. The van der Waals surface area contributed by atoms with Gasteiger partial charge in [-0.2, -0.15) is 10.1 Å². The minimum absolute atomic E-state index is 0.114. The van der Waals surface area contributed by atoms with E-state index in [1.165, 1.54) is 29.7 Å². The average Bonchev–Trinajstić information content (AvgIpc) is 3.41. The Morgan fingerprint density at radius 3 is 2.71 bits per heavy atom. The van der Waals surface area contributed by atoms with Crippen LogP contribution in [-0.4, -0.2) is 29.1 Å². The number of thiazole rings is 1. The summed E-state index contributed by atoms with van der Waals surface area (Å²) in [7, 11) is 1.56. The van der Waals surface area contributed by atoms with Crippen molar-refractivity contribution in [3.8, 4) is 5.75 Å². The quantitative estimate of drug-likeness (QED) is 0.225. The lowest BCUT2D eigenvalue weighted by Gasteiger charge is -2.13. The molecule has 0 spiro atoms. The van der Waals surface area contributed by atoms with Gasteiger partial charge in [0.05, 0.1) is 29.6 Å². The molecule has 2 aromatic heterocycles. The van der Waals surface area contributed by atoms with Crippen molar-refractivity contribution in [2.24, 2.45) is 5.10 Å². The molecule has 0 fully saturated rings. The first-order valence-corrected chi connectivity index (χ1v) is 9.97. The zero-order valence-corrected chi connectivity index (χ0v) is 17.5. The van der Waals surface area contributed by atoms with Gasteiger partial charge in [0.2, 0.25) is 5.13 Å². The van der Waals surface area contributed by atoms with E-state index >= 15 is 0 Å². The molecule has 31 heavy (non-hydrogen) atoms. The summed E-state index contributed by atoms with van der Waals surface area (Å²) in [5.41, 5.74) is 1.00. The standard InChI is InChI=1S/C20H13ClN4O5S/c1-29-14-6-8-16-17(10-14)31-20(23-16)24(19(26)12-2-4-13(21)5-3-12)22-11-15-7-9-18(30-15)25(27)28/h2-11H,1H3/b22-11+. The van der Waals surface area contributed by atoms with Gasteiger partial charge >= 0.3 is 5.88 Å². The highest BCUT2D eigenvalue weighted by atomic mass is 35.5. The molecule has 0 N–H and O–H groups in total. The highest BCUT2D eigenvalue weighted by Crippen LogP contribution is 2.32. The highest BCUT2D eigenvalue weighted by molar-refractivity contribution is 7.22. The van der Waals surface area contributed by atoms with Gasteiger partial charge in [-0.25, -0.2) is 4.98 Å². The minimum atomic E-state index is -0.658. The summed E-state index contributed by atoms with van der Waals surface area (Å²) in [5.74, 6) is -0.114. The van der Waals surface area contributed by atoms with Crippen molar-refractivity contribution in [2.45, 2.75) is 0 Å². The number of ether oxygens (including phenoxy) is 1. The van der Waals surface area contributed by atoms with E-state index in [1.807, 2.05) is 0 Å². The van der Waals surface area contributed by atoms with E-state index in [9.17, 15) is 14.9 Å². The molecule has 0 atom stereocenters. The van der Waals surface area contributed by atoms with Gasteiger partial charge in [-0.3, -0.25) is 14.9 Å². The third-order valence-electron chi connectivity index (χ3n) is 4.14. The van der Waals surface area contributed by atoms with Crippen LogP contribution >= 0.6 is 22.9 Å². The summed E-state index contributed by atoms with van der Waals surface area (Å²) in [6.45, 7) is 0. The third kappa shape index (κ3) is 4.39. The Bertz CT molecular complexity index is 1300. The van der Waals surface area contributed by atoms with E-state index in [-0.39, 0.29) is 5.76 Å². The van der Waals surface area contributed by atoms with Crippen LogP contribution in [0.25, 0.3) is 10.2 Å². The Labute approximate surface area is 184 Å². The molecule has 0 aliphatic carbocycles. The van der Waals surface area contributed by atoms with Crippen LogP contribution in [0.3, 0.4) is 0 Å². The summed E-state index contributed by atoms with van der Waals surface area (Å²) in [4.78, 5) is 27.8. The number of furan rings is 1. The molecule has 4 aromatic rings. The lowest BCUT2D eigenvalue weighted by atomic mass is 10.2. The van der Waals surface area contributed by atoms with Gasteiger partial charge < -0.3 is 9.15 Å². The Kier molecular flexibility index (Phi) is 5.65. The van der Waals surface area contributed by atoms with Crippen LogP contribution in [0.2, 0.25) is 5.02 Å². The van der Waals surface area contributed by atoms with Crippen molar-refractivity contribution in [1.82, 2.24) is 4.98 Å². The van der Waals surface area contributed by atoms with Crippen molar-refractivity contribution >= 4 is 56.3 Å². The topological polar surface area (TPSA) is 111 Å². The van der Waals surface area contributed by atoms with Crippen LogP contribution < -0.4 is 9.75 Å².